The van der Waals surface area contributed by atoms with E-state index >= 15 is 0 Å². The van der Waals surface area contributed by atoms with Crippen LogP contribution in [0.2, 0.25) is 6.04 Å². The minimum absolute atomic E-state index is 0.608. The van der Waals surface area contributed by atoms with Gasteiger partial charge in [-0.25, -0.2) is 0 Å². The molecular formula is C10H18O5Si. The van der Waals surface area contributed by atoms with Crippen molar-refractivity contribution in [1.82, 2.24) is 0 Å². The van der Waals surface area contributed by atoms with Crippen molar-refractivity contribution < 1.29 is 23.1 Å². The predicted octanol–water partition coefficient (Wildman–Crippen LogP) is 1.04. The summed E-state index contributed by atoms with van der Waals surface area (Å²) in [6, 6.07) is 0.608. The average Bonchev–Trinajstić information content (AvgIpc) is 2.34. The molecule has 0 aromatic carbocycles. The average molecular weight is 246 g/mol. The van der Waals surface area contributed by atoms with Crippen LogP contribution in [0.3, 0.4) is 0 Å². The highest BCUT2D eigenvalue weighted by Gasteiger charge is 2.38. The summed E-state index contributed by atoms with van der Waals surface area (Å²) in [5.74, 6) is 0. The zero-order chi connectivity index (χ0) is 12.0. The molecule has 1 rings (SSSR count). The third-order valence-electron chi connectivity index (χ3n) is 2.57. The van der Waals surface area contributed by atoms with Gasteiger partial charge in [0.15, 0.2) is 0 Å². The highest BCUT2D eigenvalue weighted by atomic mass is 28.4. The van der Waals surface area contributed by atoms with Crippen LogP contribution in [0.15, 0.2) is 24.0 Å². The van der Waals surface area contributed by atoms with Gasteiger partial charge in [-0.15, -0.1) is 0 Å². The summed E-state index contributed by atoms with van der Waals surface area (Å²) >= 11 is 0. The van der Waals surface area contributed by atoms with Gasteiger partial charge < -0.3 is 23.1 Å². The number of aliphatic hydroxyl groups is 1. The van der Waals surface area contributed by atoms with Crippen molar-refractivity contribution in [1.29, 1.82) is 0 Å². The van der Waals surface area contributed by atoms with Gasteiger partial charge >= 0.3 is 8.80 Å². The van der Waals surface area contributed by atoms with E-state index in [1.807, 2.05) is 6.08 Å². The summed E-state index contributed by atoms with van der Waals surface area (Å²) in [4.78, 5) is 0. The van der Waals surface area contributed by atoms with Crippen LogP contribution in [0.1, 0.15) is 6.42 Å². The topological polar surface area (TPSA) is 57.2 Å². The van der Waals surface area contributed by atoms with Crippen molar-refractivity contribution in [3.05, 3.63) is 24.0 Å². The van der Waals surface area contributed by atoms with Crippen molar-refractivity contribution in [3.63, 3.8) is 0 Å². The number of hydrogen-bond donors (Lipinski definition) is 1. The van der Waals surface area contributed by atoms with E-state index in [0.717, 1.165) is 5.57 Å². The summed E-state index contributed by atoms with van der Waals surface area (Å²) in [7, 11) is 2.15. The molecule has 0 aromatic heterocycles. The zero-order valence-corrected chi connectivity index (χ0v) is 10.8. The molecule has 0 aliphatic carbocycles. The second kappa shape index (κ2) is 6.17. The lowest BCUT2D eigenvalue weighted by Gasteiger charge is -2.25. The summed E-state index contributed by atoms with van der Waals surface area (Å²) < 4.78 is 20.8. The van der Waals surface area contributed by atoms with Crippen LogP contribution >= 0.6 is 0 Å². The molecular weight excluding hydrogens is 228 g/mol. The fourth-order valence-corrected chi connectivity index (χ4v) is 3.22. The molecule has 1 atom stereocenters. The Morgan fingerprint density at radius 2 is 1.94 bits per heavy atom. The second-order valence-corrected chi connectivity index (χ2v) is 6.44. The maximum Gasteiger partial charge on any atom is 0.500 e. The fraction of sp³-hybridized carbons (Fsp3) is 0.600. The third-order valence-corrected chi connectivity index (χ3v) is 5.29. The van der Waals surface area contributed by atoms with E-state index in [2.05, 4.69) is 0 Å². The Labute approximate surface area is 96.6 Å². The van der Waals surface area contributed by atoms with Gasteiger partial charge in [0.05, 0.1) is 6.26 Å². The molecule has 16 heavy (non-hydrogen) atoms. The minimum Gasteiger partial charge on any atom is -0.469 e. The number of aliphatic hydroxyl groups excluding tert-OH is 1. The van der Waals surface area contributed by atoms with Crippen LogP contribution in [0.5, 0.6) is 0 Å². The highest BCUT2D eigenvalue weighted by molar-refractivity contribution is 6.60. The Balaban J connectivity index is 2.55. The van der Waals surface area contributed by atoms with Crippen LogP contribution in [-0.4, -0.2) is 41.5 Å². The van der Waals surface area contributed by atoms with E-state index in [-0.39, 0.29) is 0 Å². The first kappa shape index (κ1) is 13.4. The van der Waals surface area contributed by atoms with Gasteiger partial charge in [-0.3, -0.25) is 0 Å². The maximum absolute atomic E-state index is 9.54. The largest absolute Gasteiger partial charge is 0.500 e. The highest BCUT2D eigenvalue weighted by Crippen LogP contribution is 2.22. The molecule has 0 radical (unpaired) electrons. The molecule has 1 aliphatic rings. The van der Waals surface area contributed by atoms with Gasteiger partial charge in [0.1, 0.15) is 0 Å². The van der Waals surface area contributed by atoms with Crippen molar-refractivity contribution in [2.75, 3.05) is 21.3 Å². The van der Waals surface area contributed by atoms with Gasteiger partial charge in [0, 0.05) is 27.4 Å². The smallest absolute Gasteiger partial charge is 0.469 e. The standard InChI is InChI=1S/C10H18O5Si/c1-12-16(13-2,14-3)8-6-9-5-4-7-15-10(9)11/h4-5,7,10-11H,6,8H2,1-3H3. The maximum atomic E-state index is 9.54. The lowest BCUT2D eigenvalue weighted by Crippen LogP contribution is -2.42. The molecule has 1 aliphatic heterocycles. The van der Waals surface area contributed by atoms with Crippen LogP contribution in [0, 0.1) is 0 Å². The Kier molecular flexibility index (Phi) is 5.16. The summed E-state index contributed by atoms with van der Waals surface area (Å²) in [5, 5.41) is 9.54. The van der Waals surface area contributed by atoms with Gasteiger partial charge in [0.2, 0.25) is 6.29 Å². The molecule has 0 aromatic rings. The first-order valence-electron chi connectivity index (χ1n) is 5.02. The van der Waals surface area contributed by atoms with E-state index in [1.165, 1.54) is 6.26 Å². The Hall–Kier alpha value is -0.663. The van der Waals surface area contributed by atoms with Gasteiger partial charge in [-0.2, -0.15) is 0 Å². The number of hydrogen-bond acceptors (Lipinski definition) is 5. The van der Waals surface area contributed by atoms with E-state index < -0.39 is 15.1 Å². The number of rotatable bonds is 6. The van der Waals surface area contributed by atoms with Crippen LogP contribution < -0.4 is 0 Å². The molecule has 0 saturated heterocycles. The molecule has 1 heterocycles. The van der Waals surface area contributed by atoms with E-state index in [0.29, 0.717) is 12.5 Å². The molecule has 0 amide bonds. The van der Waals surface area contributed by atoms with Crippen LogP contribution in [-0.2, 0) is 18.0 Å². The molecule has 5 nitrogen and oxygen atoms in total. The van der Waals surface area contributed by atoms with Crippen molar-refractivity contribution in [2.45, 2.75) is 18.8 Å². The summed E-state index contributed by atoms with van der Waals surface area (Å²) in [6.45, 7) is 0. The van der Waals surface area contributed by atoms with E-state index in [4.69, 9.17) is 18.0 Å². The van der Waals surface area contributed by atoms with Crippen molar-refractivity contribution in [2.24, 2.45) is 0 Å². The molecule has 6 heteroatoms. The Bertz CT molecular complexity index is 264. The lowest BCUT2D eigenvalue weighted by molar-refractivity contribution is -0.0253. The van der Waals surface area contributed by atoms with Crippen molar-refractivity contribution >= 4 is 8.80 Å². The van der Waals surface area contributed by atoms with E-state index in [1.54, 1.807) is 27.4 Å². The second-order valence-electron chi connectivity index (χ2n) is 3.35. The molecule has 0 bridgehead atoms. The quantitative estimate of drug-likeness (QED) is 0.710. The SMILES string of the molecule is CO[Si](CCC1=CC=COC1O)(OC)OC. The Morgan fingerprint density at radius 1 is 1.31 bits per heavy atom. The molecule has 0 spiro atoms. The predicted molar refractivity (Wildman–Crippen MR) is 60.5 cm³/mol. The molecule has 1 unspecified atom stereocenters. The van der Waals surface area contributed by atoms with Crippen LogP contribution in [0.25, 0.3) is 0 Å². The number of ether oxygens (including phenoxy) is 1. The summed E-state index contributed by atoms with van der Waals surface area (Å²) in [5.41, 5.74) is 0.797. The molecule has 0 saturated carbocycles. The fourth-order valence-electron chi connectivity index (χ4n) is 1.51. The monoisotopic (exact) mass is 246 g/mol. The van der Waals surface area contributed by atoms with Crippen LogP contribution in [0.4, 0.5) is 0 Å². The molecule has 92 valence electrons. The molecule has 0 fully saturated rings. The van der Waals surface area contributed by atoms with Gasteiger partial charge in [-0.05, 0) is 18.1 Å². The number of allylic oxidation sites excluding steroid dienone is 2. The Morgan fingerprint density at radius 3 is 2.44 bits per heavy atom. The van der Waals surface area contributed by atoms with Gasteiger partial charge in [0.25, 0.3) is 0 Å². The minimum atomic E-state index is -2.56. The third kappa shape index (κ3) is 3.16. The van der Waals surface area contributed by atoms with E-state index in [9.17, 15) is 5.11 Å². The van der Waals surface area contributed by atoms with Crippen molar-refractivity contribution in [3.8, 4) is 0 Å². The molecule has 1 N–H and O–H groups in total. The van der Waals surface area contributed by atoms with Gasteiger partial charge in [-0.1, -0.05) is 6.08 Å². The lowest BCUT2D eigenvalue weighted by atomic mass is 10.1. The first-order chi connectivity index (χ1) is 7.67. The summed E-state index contributed by atoms with van der Waals surface area (Å²) in [6.07, 6.45) is 4.78. The zero-order valence-electron chi connectivity index (χ0n) is 9.80. The normalized spacial score (nSPS) is 20.5. The first-order valence-corrected chi connectivity index (χ1v) is 6.95.